The van der Waals surface area contributed by atoms with E-state index in [1.807, 2.05) is 0 Å². The van der Waals surface area contributed by atoms with Gasteiger partial charge in [-0.15, -0.1) is 0 Å². The number of rotatable bonds is 4. The van der Waals surface area contributed by atoms with E-state index in [9.17, 15) is 18.0 Å². The van der Waals surface area contributed by atoms with Gasteiger partial charge in [-0.2, -0.15) is 0 Å². The lowest BCUT2D eigenvalue weighted by atomic mass is 9.92. The molecular formula is C17H14N2O4S. The zero-order chi connectivity index (χ0) is 17.3. The van der Waals surface area contributed by atoms with E-state index in [1.54, 1.807) is 36.4 Å². The lowest BCUT2D eigenvalue weighted by molar-refractivity contribution is 0.0978. The molecule has 0 spiro atoms. The Labute approximate surface area is 139 Å². The van der Waals surface area contributed by atoms with E-state index < -0.39 is 10.0 Å². The van der Waals surface area contributed by atoms with Crippen LogP contribution < -0.4 is 10.5 Å². The van der Waals surface area contributed by atoms with Crippen LogP contribution >= 0.6 is 0 Å². The number of allylic oxidation sites excluding steroid dienone is 2. The average Bonchev–Trinajstić information content (AvgIpc) is 2.56. The van der Waals surface area contributed by atoms with E-state index in [2.05, 4.69) is 5.32 Å². The van der Waals surface area contributed by atoms with Crippen LogP contribution in [0, 0.1) is 0 Å². The Hall–Kier alpha value is -2.77. The Bertz CT molecular complexity index is 960. The van der Waals surface area contributed by atoms with Gasteiger partial charge >= 0.3 is 0 Å². The molecule has 0 amide bonds. The third kappa shape index (κ3) is 3.12. The molecule has 0 atom stereocenters. The summed E-state index contributed by atoms with van der Waals surface area (Å²) in [5, 5.41) is 7.97. The number of carbonyl (C=O) groups is 2. The van der Waals surface area contributed by atoms with Crippen molar-refractivity contribution < 1.29 is 18.0 Å². The highest BCUT2D eigenvalue weighted by atomic mass is 32.2. The average molecular weight is 342 g/mol. The number of nitrogens with two attached hydrogens (primary N) is 1. The number of carbonyl (C=O) groups excluding carboxylic acids is 2. The standard InChI is InChI=1S/C17H14N2O4S/c18-24(22,23)12-7-5-11(6-8-12)10-19-15-9-16(20)13-3-1-2-4-14(13)17(15)21/h1-9,19H,10H2,(H2,18,22,23). The molecule has 2 aromatic carbocycles. The summed E-state index contributed by atoms with van der Waals surface area (Å²) in [6, 6.07) is 12.6. The van der Waals surface area contributed by atoms with Gasteiger partial charge in [0.1, 0.15) is 0 Å². The zero-order valence-electron chi connectivity index (χ0n) is 12.5. The van der Waals surface area contributed by atoms with Crippen LogP contribution in [0.3, 0.4) is 0 Å². The van der Waals surface area contributed by atoms with Crippen LogP contribution in [0.2, 0.25) is 0 Å². The summed E-state index contributed by atoms with van der Waals surface area (Å²) < 4.78 is 22.4. The van der Waals surface area contributed by atoms with Gasteiger partial charge in [-0.05, 0) is 17.7 Å². The van der Waals surface area contributed by atoms with E-state index in [0.29, 0.717) is 11.1 Å². The fourth-order valence-corrected chi connectivity index (χ4v) is 2.96. The van der Waals surface area contributed by atoms with Crippen molar-refractivity contribution in [3.63, 3.8) is 0 Å². The molecule has 0 unspecified atom stereocenters. The van der Waals surface area contributed by atoms with Crippen LogP contribution in [-0.2, 0) is 16.6 Å². The summed E-state index contributed by atoms with van der Waals surface area (Å²) in [5.74, 6) is -0.469. The van der Waals surface area contributed by atoms with E-state index in [-0.39, 0.29) is 28.7 Å². The molecule has 1 aliphatic carbocycles. The van der Waals surface area contributed by atoms with Gasteiger partial charge in [0.05, 0.1) is 10.6 Å². The smallest absolute Gasteiger partial charge is 0.238 e. The molecule has 1 aliphatic rings. The third-order valence-electron chi connectivity index (χ3n) is 3.69. The Morgan fingerprint density at radius 3 is 2.17 bits per heavy atom. The van der Waals surface area contributed by atoms with Crippen LogP contribution in [0.25, 0.3) is 0 Å². The molecule has 0 saturated heterocycles. The number of fused-ring (bicyclic) bond motifs is 1. The first-order valence-electron chi connectivity index (χ1n) is 7.11. The topological polar surface area (TPSA) is 106 Å². The van der Waals surface area contributed by atoms with Gasteiger partial charge in [-0.1, -0.05) is 36.4 Å². The molecule has 0 aliphatic heterocycles. The monoisotopic (exact) mass is 342 g/mol. The van der Waals surface area contributed by atoms with Crippen LogP contribution in [0.4, 0.5) is 0 Å². The van der Waals surface area contributed by atoms with E-state index in [0.717, 1.165) is 5.56 Å². The molecule has 3 rings (SSSR count). The molecule has 6 nitrogen and oxygen atoms in total. The summed E-state index contributed by atoms with van der Waals surface area (Å²) in [4.78, 5) is 24.5. The number of sulfonamides is 1. The van der Waals surface area contributed by atoms with Crippen LogP contribution in [0.15, 0.2) is 65.2 Å². The number of Topliss-reactive ketones (excluding diaryl/α,β-unsaturated/α-hetero) is 1. The van der Waals surface area contributed by atoms with Crippen LogP contribution in [0.1, 0.15) is 26.3 Å². The van der Waals surface area contributed by atoms with Crippen molar-refractivity contribution in [3.8, 4) is 0 Å². The highest BCUT2D eigenvalue weighted by molar-refractivity contribution is 7.89. The second kappa shape index (κ2) is 6.03. The van der Waals surface area contributed by atoms with Crippen molar-refractivity contribution in [2.75, 3.05) is 0 Å². The van der Waals surface area contributed by atoms with E-state index in [1.165, 1.54) is 18.2 Å². The Morgan fingerprint density at radius 2 is 1.54 bits per heavy atom. The lowest BCUT2D eigenvalue weighted by Crippen LogP contribution is -2.26. The zero-order valence-corrected chi connectivity index (χ0v) is 13.3. The first kappa shape index (κ1) is 16.1. The molecule has 122 valence electrons. The highest BCUT2D eigenvalue weighted by Crippen LogP contribution is 2.20. The van der Waals surface area contributed by atoms with Gasteiger partial charge in [-0.25, -0.2) is 13.6 Å². The number of primary sulfonamides is 1. The van der Waals surface area contributed by atoms with Crippen molar-refractivity contribution in [1.82, 2.24) is 5.32 Å². The van der Waals surface area contributed by atoms with Crippen LogP contribution in [0.5, 0.6) is 0 Å². The number of ketones is 2. The summed E-state index contributed by atoms with van der Waals surface area (Å²) in [6.45, 7) is 0.276. The molecule has 24 heavy (non-hydrogen) atoms. The second-order valence-electron chi connectivity index (χ2n) is 5.34. The van der Waals surface area contributed by atoms with Crippen molar-refractivity contribution in [3.05, 3.63) is 77.0 Å². The number of nitrogens with one attached hydrogen (secondary N) is 1. The van der Waals surface area contributed by atoms with E-state index in [4.69, 9.17) is 5.14 Å². The van der Waals surface area contributed by atoms with Gasteiger partial charge in [0, 0.05) is 23.7 Å². The Balaban J connectivity index is 1.76. The number of hydrogen-bond acceptors (Lipinski definition) is 5. The summed E-state index contributed by atoms with van der Waals surface area (Å²) >= 11 is 0. The molecule has 0 saturated carbocycles. The summed E-state index contributed by atoms with van der Waals surface area (Å²) in [7, 11) is -3.74. The summed E-state index contributed by atoms with van der Waals surface area (Å²) in [5.41, 5.74) is 1.74. The van der Waals surface area contributed by atoms with Gasteiger partial charge in [0.15, 0.2) is 5.78 Å². The van der Waals surface area contributed by atoms with Gasteiger partial charge < -0.3 is 5.32 Å². The third-order valence-corrected chi connectivity index (χ3v) is 4.62. The quantitative estimate of drug-likeness (QED) is 0.873. The highest BCUT2D eigenvalue weighted by Gasteiger charge is 2.24. The predicted octanol–water partition coefficient (Wildman–Crippen LogP) is 1.39. The fourth-order valence-electron chi connectivity index (χ4n) is 2.44. The largest absolute Gasteiger partial charge is 0.378 e. The first-order chi connectivity index (χ1) is 11.4. The SMILES string of the molecule is NS(=O)(=O)c1ccc(CNC2=CC(=O)c3ccccc3C2=O)cc1. The summed E-state index contributed by atoms with van der Waals surface area (Å²) in [6.07, 6.45) is 1.28. The van der Waals surface area contributed by atoms with Gasteiger partial charge in [-0.3, -0.25) is 9.59 Å². The maximum atomic E-state index is 12.4. The van der Waals surface area contributed by atoms with Crippen molar-refractivity contribution in [2.45, 2.75) is 11.4 Å². The number of hydrogen-bond donors (Lipinski definition) is 2. The van der Waals surface area contributed by atoms with Crippen LogP contribution in [-0.4, -0.2) is 20.0 Å². The fraction of sp³-hybridized carbons (Fsp3) is 0.0588. The maximum absolute atomic E-state index is 12.4. The first-order valence-corrected chi connectivity index (χ1v) is 8.66. The molecule has 0 aromatic heterocycles. The molecular weight excluding hydrogens is 328 g/mol. The maximum Gasteiger partial charge on any atom is 0.238 e. The minimum Gasteiger partial charge on any atom is -0.378 e. The van der Waals surface area contributed by atoms with Gasteiger partial charge in [0.2, 0.25) is 15.8 Å². The minimum absolute atomic E-state index is 0.0170. The Morgan fingerprint density at radius 1 is 0.917 bits per heavy atom. The molecule has 0 bridgehead atoms. The molecule has 0 heterocycles. The van der Waals surface area contributed by atoms with Gasteiger partial charge in [0.25, 0.3) is 0 Å². The lowest BCUT2D eigenvalue weighted by Gasteiger charge is -2.16. The molecule has 2 aromatic rings. The molecule has 0 fully saturated rings. The van der Waals surface area contributed by atoms with Crippen molar-refractivity contribution >= 4 is 21.6 Å². The normalized spacial score (nSPS) is 14.1. The Kier molecular flexibility index (Phi) is 4.04. The second-order valence-corrected chi connectivity index (χ2v) is 6.90. The van der Waals surface area contributed by atoms with Crippen molar-refractivity contribution in [1.29, 1.82) is 0 Å². The van der Waals surface area contributed by atoms with Crippen molar-refractivity contribution in [2.24, 2.45) is 5.14 Å². The molecule has 3 N–H and O–H groups in total. The molecule has 7 heteroatoms. The predicted molar refractivity (Wildman–Crippen MR) is 87.8 cm³/mol. The minimum atomic E-state index is -3.74. The van der Waals surface area contributed by atoms with E-state index >= 15 is 0 Å². The number of benzene rings is 2. The molecule has 0 radical (unpaired) electrons.